The maximum absolute atomic E-state index is 13.2. The summed E-state index contributed by atoms with van der Waals surface area (Å²) in [5.41, 5.74) is 4.44. The van der Waals surface area contributed by atoms with E-state index in [0.29, 0.717) is 24.2 Å². The largest absolute Gasteiger partial charge is 0.218 e. The molecule has 0 bridgehead atoms. The second-order valence-electron chi connectivity index (χ2n) is 7.02. The third-order valence-electron chi connectivity index (χ3n) is 5.16. The van der Waals surface area contributed by atoms with Crippen molar-refractivity contribution in [3.63, 3.8) is 0 Å². The summed E-state index contributed by atoms with van der Waals surface area (Å²) in [6, 6.07) is 27.0. The van der Waals surface area contributed by atoms with Gasteiger partial charge in [-0.2, -0.15) is 9.57 Å². The van der Waals surface area contributed by atoms with E-state index in [9.17, 15) is 8.42 Å². The summed E-state index contributed by atoms with van der Waals surface area (Å²) in [7, 11) is -3.52. The summed E-state index contributed by atoms with van der Waals surface area (Å²) in [5, 5.41) is 9.07. The molecular weight excluding hydrogens is 368 g/mol. The minimum atomic E-state index is -3.52. The van der Waals surface area contributed by atoms with Crippen molar-refractivity contribution in [2.45, 2.75) is 18.2 Å². The Bertz CT molecular complexity index is 1130. The Labute approximate surface area is 165 Å². The van der Waals surface area contributed by atoms with Gasteiger partial charge in [-0.05, 0) is 34.4 Å². The van der Waals surface area contributed by atoms with Crippen molar-refractivity contribution >= 4 is 10.0 Å². The van der Waals surface area contributed by atoms with E-state index >= 15 is 0 Å². The van der Waals surface area contributed by atoms with Crippen LogP contribution in [-0.4, -0.2) is 19.3 Å². The van der Waals surface area contributed by atoms with Crippen LogP contribution in [0.5, 0.6) is 0 Å². The van der Waals surface area contributed by atoms with Crippen LogP contribution in [0.15, 0.2) is 78.9 Å². The predicted octanol–water partition coefficient (Wildman–Crippen LogP) is 4.04. The van der Waals surface area contributed by atoms with Gasteiger partial charge in [0.15, 0.2) is 0 Å². The molecule has 1 aliphatic rings. The molecule has 0 N–H and O–H groups in total. The molecule has 0 fully saturated rings. The molecule has 5 heteroatoms. The summed E-state index contributed by atoms with van der Waals surface area (Å²) in [4.78, 5) is 0. The lowest BCUT2D eigenvalue weighted by Crippen LogP contribution is -2.39. The topological polar surface area (TPSA) is 61.2 Å². The van der Waals surface area contributed by atoms with E-state index in [1.54, 1.807) is 28.6 Å². The van der Waals surface area contributed by atoms with Gasteiger partial charge in [-0.15, -0.1) is 0 Å². The molecule has 28 heavy (non-hydrogen) atoms. The minimum Gasteiger partial charge on any atom is -0.212 e. The van der Waals surface area contributed by atoms with Crippen LogP contribution in [0.1, 0.15) is 33.7 Å². The Morgan fingerprint density at radius 2 is 1.71 bits per heavy atom. The number of rotatable bonds is 4. The highest BCUT2D eigenvalue weighted by atomic mass is 32.2. The zero-order valence-electron chi connectivity index (χ0n) is 15.3. The van der Waals surface area contributed by atoms with Crippen LogP contribution in [-0.2, 0) is 22.3 Å². The molecule has 0 aliphatic carbocycles. The summed E-state index contributed by atoms with van der Waals surface area (Å²) in [6.07, 6.45) is 0. The van der Waals surface area contributed by atoms with Crippen molar-refractivity contribution in [2.24, 2.45) is 0 Å². The van der Waals surface area contributed by atoms with Gasteiger partial charge in [-0.25, -0.2) is 8.42 Å². The molecule has 0 aromatic heterocycles. The maximum atomic E-state index is 13.2. The molecule has 3 aromatic carbocycles. The SMILES string of the molecule is N#Cc1cccc(CS(=O)(=O)N2Cc3ccccc3C(c3ccccc3)C2)c1. The first kappa shape index (κ1) is 18.4. The fourth-order valence-electron chi connectivity index (χ4n) is 3.79. The van der Waals surface area contributed by atoms with Crippen molar-refractivity contribution in [1.82, 2.24) is 4.31 Å². The van der Waals surface area contributed by atoms with Gasteiger partial charge in [0.05, 0.1) is 17.4 Å². The van der Waals surface area contributed by atoms with Gasteiger partial charge in [0.1, 0.15) is 0 Å². The first-order chi connectivity index (χ1) is 13.6. The molecule has 0 spiro atoms. The van der Waals surface area contributed by atoms with Crippen molar-refractivity contribution in [3.05, 3.63) is 107 Å². The monoisotopic (exact) mass is 388 g/mol. The lowest BCUT2D eigenvalue weighted by Gasteiger charge is -2.34. The number of sulfonamides is 1. The zero-order chi connectivity index (χ0) is 19.6. The Hall–Kier alpha value is -2.94. The van der Waals surface area contributed by atoms with Crippen molar-refractivity contribution < 1.29 is 8.42 Å². The van der Waals surface area contributed by atoms with E-state index in [-0.39, 0.29) is 11.7 Å². The number of fused-ring (bicyclic) bond motifs is 1. The minimum absolute atomic E-state index is 0.00590. The molecule has 1 aliphatic heterocycles. The van der Waals surface area contributed by atoms with E-state index in [2.05, 4.69) is 12.1 Å². The van der Waals surface area contributed by atoms with E-state index in [4.69, 9.17) is 5.26 Å². The van der Waals surface area contributed by atoms with Gasteiger partial charge >= 0.3 is 0 Å². The van der Waals surface area contributed by atoms with Gasteiger partial charge < -0.3 is 0 Å². The van der Waals surface area contributed by atoms with Crippen molar-refractivity contribution in [3.8, 4) is 6.07 Å². The number of nitrogens with zero attached hydrogens (tertiary/aromatic N) is 2. The molecule has 1 atom stereocenters. The zero-order valence-corrected chi connectivity index (χ0v) is 16.1. The molecule has 4 rings (SSSR count). The van der Waals surface area contributed by atoms with Gasteiger partial charge in [0, 0.05) is 19.0 Å². The van der Waals surface area contributed by atoms with Crippen molar-refractivity contribution in [2.75, 3.05) is 6.54 Å². The van der Waals surface area contributed by atoms with Gasteiger partial charge in [0.25, 0.3) is 0 Å². The predicted molar refractivity (Wildman–Crippen MR) is 109 cm³/mol. The molecule has 0 saturated carbocycles. The average Bonchev–Trinajstić information content (AvgIpc) is 2.73. The van der Waals surface area contributed by atoms with E-state index < -0.39 is 10.0 Å². The number of benzene rings is 3. The van der Waals surface area contributed by atoms with Gasteiger partial charge in [-0.3, -0.25) is 0 Å². The van der Waals surface area contributed by atoms with E-state index in [1.807, 2.05) is 48.5 Å². The number of nitriles is 1. The Balaban J connectivity index is 1.67. The summed E-state index contributed by atoms with van der Waals surface area (Å²) in [5.74, 6) is -0.0991. The highest BCUT2D eigenvalue weighted by molar-refractivity contribution is 7.88. The van der Waals surface area contributed by atoms with Crippen LogP contribution in [0.3, 0.4) is 0 Å². The molecule has 140 valence electrons. The van der Waals surface area contributed by atoms with Crippen LogP contribution in [0, 0.1) is 11.3 Å². The van der Waals surface area contributed by atoms with Crippen molar-refractivity contribution in [1.29, 1.82) is 5.26 Å². The number of hydrogen-bond acceptors (Lipinski definition) is 3. The van der Waals surface area contributed by atoms with Gasteiger partial charge in [0.2, 0.25) is 10.0 Å². The number of hydrogen-bond donors (Lipinski definition) is 0. The maximum Gasteiger partial charge on any atom is 0.218 e. The Morgan fingerprint density at radius 3 is 2.50 bits per heavy atom. The molecule has 1 heterocycles. The second-order valence-corrected chi connectivity index (χ2v) is 8.99. The highest BCUT2D eigenvalue weighted by Crippen LogP contribution is 2.35. The first-order valence-corrected chi connectivity index (χ1v) is 10.8. The van der Waals surface area contributed by atoms with E-state index in [1.165, 1.54) is 5.56 Å². The van der Waals surface area contributed by atoms with Gasteiger partial charge in [-0.1, -0.05) is 66.7 Å². The van der Waals surface area contributed by atoms with Crippen LogP contribution in [0.4, 0.5) is 0 Å². The lowest BCUT2D eigenvalue weighted by atomic mass is 9.86. The molecule has 0 amide bonds. The second kappa shape index (κ2) is 7.59. The fraction of sp³-hybridized carbons (Fsp3) is 0.174. The molecule has 0 radical (unpaired) electrons. The molecule has 1 unspecified atom stereocenters. The third-order valence-corrected chi connectivity index (χ3v) is 6.93. The Morgan fingerprint density at radius 1 is 0.964 bits per heavy atom. The standard InChI is InChI=1S/C23H20N2O2S/c24-14-18-7-6-8-19(13-18)17-28(26,27)25-15-21-11-4-5-12-22(21)23(16-25)20-9-2-1-3-10-20/h1-13,23H,15-17H2. The lowest BCUT2D eigenvalue weighted by molar-refractivity contribution is 0.371. The average molecular weight is 388 g/mol. The van der Waals surface area contributed by atoms with E-state index in [0.717, 1.165) is 11.1 Å². The third kappa shape index (κ3) is 3.70. The fourth-order valence-corrected chi connectivity index (χ4v) is 5.28. The smallest absolute Gasteiger partial charge is 0.212 e. The van der Waals surface area contributed by atoms with Crippen LogP contribution < -0.4 is 0 Å². The molecule has 0 saturated heterocycles. The quantitative estimate of drug-likeness (QED) is 0.678. The molecular formula is C23H20N2O2S. The molecule has 4 nitrogen and oxygen atoms in total. The summed E-state index contributed by atoms with van der Waals surface area (Å²) in [6.45, 7) is 0.793. The summed E-state index contributed by atoms with van der Waals surface area (Å²) >= 11 is 0. The van der Waals surface area contributed by atoms with Crippen LogP contribution >= 0.6 is 0 Å². The first-order valence-electron chi connectivity index (χ1n) is 9.16. The van der Waals surface area contributed by atoms with Crippen LogP contribution in [0.2, 0.25) is 0 Å². The van der Waals surface area contributed by atoms with Crippen LogP contribution in [0.25, 0.3) is 0 Å². The highest BCUT2D eigenvalue weighted by Gasteiger charge is 2.33. The normalized spacial score (nSPS) is 16.9. The Kier molecular flexibility index (Phi) is 4.99. The molecule has 3 aromatic rings. The summed E-state index contributed by atoms with van der Waals surface area (Å²) < 4.78 is 27.9.